The molecule has 0 aliphatic heterocycles. The monoisotopic (exact) mass is 407 g/mol. The van der Waals surface area contributed by atoms with E-state index in [9.17, 15) is 9.90 Å². The first-order chi connectivity index (χ1) is 9.99. The lowest BCUT2D eigenvalue weighted by Crippen LogP contribution is -2.07. The van der Waals surface area contributed by atoms with Crippen LogP contribution in [0.5, 0.6) is 5.75 Å². The number of hydrogen-bond acceptors (Lipinski definition) is 2. The number of hydrogen-bond donors (Lipinski definition) is 1. The van der Waals surface area contributed by atoms with Crippen LogP contribution in [-0.4, -0.2) is 15.3 Å². The number of phenols is 1. The molecule has 1 aromatic carbocycles. The van der Waals surface area contributed by atoms with Crippen molar-refractivity contribution in [1.29, 1.82) is 0 Å². The maximum absolute atomic E-state index is 12.8. The maximum atomic E-state index is 12.8. The van der Waals surface area contributed by atoms with Crippen LogP contribution in [0.15, 0.2) is 51.5 Å². The average molecular weight is 409 g/mol. The Balaban J connectivity index is 2.19. The Labute approximate surface area is 138 Å². The van der Waals surface area contributed by atoms with Crippen LogP contribution in [0.25, 0.3) is 5.52 Å². The Hall–Kier alpha value is -1.59. The quantitative estimate of drug-likeness (QED) is 0.624. The highest BCUT2D eigenvalue weighted by molar-refractivity contribution is 9.11. The third-order valence-corrected chi connectivity index (χ3v) is 4.57. The van der Waals surface area contributed by atoms with Gasteiger partial charge in [0.05, 0.1) is 14.6 Å². The molecule has 106 valence electrons. The van der Waals surface area contributed by atoms with Gasteiger partial charge in [0.15, 0.2) is 0 Å². The SMILES string of the molecule is Cc1cc2ccccn2c1C(=O)c1cc(Br)c(O)c(Br)c1. The van der Waals surface area contributed by atoms with Gasteiger partial charge in [-0.15, -0.1) is 0 Å². The number of aromatic nitrogens is 1. The molecule has 0 radical (unpaired) electrons. The summed E-state index contributed by atoms with van der Waals surface area (Å²) in [5.41, 5.74) is 3.05. The van der Waals surface area contributed by atoms with Gasteiger partial charge in [0.25, 0.3) is 0 Å². The summed E-state index contributed by atoms with van der Waals surface area (Å²) in [7, 11) is 0. The molecule has 1 N–H and O–H groups in total. The van der Waals surface area contributed by atoms with E-state index >= 15 is 0 Å². The van der Waals surface area contributed by atoms with Crippen LogP contribution in [0.1, 0.15) is 21.6 Å². The van der Waals surface area contributed by atoms with Crippen molar-refractivity contribution in [3.8, 4) is 5.75 Å². The van der Waals surface area contributed by atoms with Gasteiger partial charge in [-0.3, -0.25) is 4.79 Å². The average Bonchev–Trinajstić information content (AvgIpc) is 2.79. The molecule has 0 saturated heterocycles. The number of pyridine rings is 1. The third-order valence-electron chi connectivity index (χ3n) is 3.36. The van der Waals surface area contributed by atoms with Gasteiger partial charge in [-0.25, -0.2) is 0 Å². The van der Waals surface area contributed by atoms with Crippen molar-refractivity contribution in [3.63, 3.8) is 0 Å². The molecule has 0 aliphatic carbocycles. The van der Waals surface area contributed by atoms with Crippen molar-refractivity contribution < 1.29 is 9.90 Å². The first-order valence-corrected chi connectivity index (χ1v) is 7.87. The second kappa shape index (κ2) is 5.31. The number of carbonyl (C=O) groups excluding carboxylic acids is 1. The summed E-state index contributed by atoms with van der Waals surface area (Å²) in [5.74, 6) is 0.00314. The van der Waals surface area contributed by atoms with E-state index in [2.05, 4.69) is 31.9 Å². The molecule has 0 atom stereocenters. The summed E-state index contributed by atoms with van der Waals surface area (Å²) in [6, 6.07) is 11.0. The summed E-state index contributed by atoms with van der Waals surface area (Å²) >= 11 is 6.52. The fourth-order valence-corrected chi connectivity index (χ4v) is 3.57. The number of benzene rings is 1. The fourth-order valence-electron chi connectivity index (χ4n) is 2.38. The molecule has 0 fully saturated rings. The van der Waals surface area contributed by atoms with Crippen LogP contribution in [0.3, 0.4) is 0 Å². The van der Waals surface area contributed by atoms with Gasteiger partial charge < -0.3 is 9.51 Å². The highest BCUT2D eigenvalue weighted by Gasteiger charge is 2.19. The van der Waals surface area contributed by atoms with E-state index in [-0.39, 0.29) is 11.5 Å². The summed E-state index contributed by atoms with van der Waals surface area (Å²) < 4.78 is 2.85. The van der Waals surface area contributed by atoms with E-state index in [1.165, 1.54) is 0 Å². The van der Waals surface area contributed by atoms with Crippen LogP contribution in [0.2, 0.25) is 0 Å². The van der Waals surface area contributed by atoms with Crippen molar-refractivity contribution in [2.45, 2.75) is 6.92 Å². The lowest BCUT2D eigenvalue weighted by Gasteiger charge is -2.07. The first-order valence-electron chi connectivity index (χ1n) is 6.28. The lowest BCUT2D eigenvalue weighted by molar-refractivity contribution is 0.103. The van der Waals surface area contributed by atoms with Crippen LogP contribution < -0.4 is 0 Å². The fraction of sp³-hybridized carbons (Fsp3) is 0.0625. The first kappa shape index (κ1) is 14.4. The number of fused-ring (bicyclic) bond motifs is 1. The smallest absolute Gasteiger partial charge is 0.210 e. The van der Waals surface area contributed by atoms with E-state index in [4.69, 9.17) is 0 Å². The standard InChI is InChI=1S/C16H11Br2NO2/c1-9-6-11-4-2-3-5-19(11)14(9)15(20)10-7-12(17)16(21)13(18)8-10/h2-8,21H,1H3. The zero-order chi connectivity index (χ0) is 15.1. The Morgan fingerprint density at radius 2 is 1.81 bits per heavy atom. The third kappa shape index (κ3) is 2.40. The Morgan fingerprint density at radius 3 is 2.48 bits per heavy atom. The summed E-state index contributed by atoms with van der Waals surface area (Å²) in [4.78, 5) is 12.8. The lowest BCUT2D eigenvalue weighted by atomic mass is 10.1. The number of aromatic hydroxyl groups is 1. The van der Waals surface area contributed by atoms with Crippen molar-refractivity contribution in [2.75, 3.05) is 0 Å². The van der Waals surface area contributed by atoms with Gasteiger partial charge in [-0.2, -0.15) is 0 Å². The Kier molecular flexibility index (Phi) is 3.63. The molecule has 0 unspecified atom stereocenters. The molecule has 2 heterocycles. The molecule has 21 heavy (non-hydrogen) atoms. The molecule has 3 aromatic rings. The molecule has 2 aromatic heterocycles. The summed E-state index contributed by atoms with van der Waals surface area (Å²) in [6.45, 7) is 1.92. The highest BCUT2D eigenvalue weighted by atomic mass is 79.9. The number of ketones is 1. The molecule has 3 nitrogen and oxygen atoms in total. The van der Waals surface area contributed by atoms with Crippen LogP contribution in [-0.2, 0) is 0 Å². The molecule has 0 saturated carbocycles. The second-order valence-corrected chi connectivity index (χ2v) is 6.50. The number of halogens is 2. The van der Waals surface area contributed by atoms with E-state index in [1.807, 2.05) is 41.8 Å². The topological polar surface area (TPSA) is 41.7 Å². The van der Waals surface area contributed by atoms with Gasteiger partial charge in [-0.05, 0) is 74.7 Å². The van der Waals surface area contributed by atoms with E-state index in [1.54, 1.807) is 12.1 Å². The van der Waals surface area contributed by atoms with Gasteiger partial charge in [0, 0.05) is 17.3 Å². The zero-order valence-corrected chi connectivity index (χ0v) is 14.3. The van der Waals surface area contributed by atoms with Gasteiger partial charge in [-0.1, -0.05) is 6.07 Å². The van der Waals surface area contributed by atoms with Gasteiger partial charge in [0.1, 0.15) is 5.75 Å². The number of carbonyl (C=O) groups is 1. The van der Waals surface area contributed by atoms with Crippen molar-refractivity contribution in [3.05, 3.63) is 68.4 Å². The highest BCUT2D eigenvalue weighted by Crippen LogP contribution is 2.34. The number of phenolic OH excluding ortho intramolecular Hbond substituents is 1. The maximum Gasteiger partial charge on any atom is 0.210 e. The van der Waals surface area contributed by atoms with Crippen molar-refractivity contribution in [1.82, 2.24) is 4.40 Å². The molecule has 0 aliphatic rings. The molecule has 3 rings (SSSR count). The number of aryl methyl sites for hydroxylation is 1. The molecule has 5 heteroatoms. The van der Waals surface area contributed by atoms with Crippen molar-refractivity contribution in [2.24, 2.45) is 0 Å². The second-order valence-electron chi connectivity index (χ2n) is 4.79. The zero-order valence-electron chi connectivity index (χ0n) is 11.1. The Morgan fingerprint density at radius 1 is 1.14 bits per heavy atom. The van der Waals surface area contributed by atoms with E-state index in [0.29, 0.717) is 20.2 Å². The normalized spacial score (nSPS) is 11.0. The largest absolute Gasteiger partial charge is 0.506 e. The molecule has 0 bridgehead atoms. The predicted octanol–water partition coefficient (Wildman–Crippen LogP) is 4.71. The molecule has 0 amide bonds. The van der Waals surface area contributed by atoms with Crippen molar-refractivity contribution >= 4 is 43.2 Å². The van der Waals surface area contributed by atoms with Crippen LogP contribution >= 0.6 is 31.9 Å². The molecular formula is C16H11Br2NO2. The Bertz CT molecular complexity index is 845. The predicted molar refractivity (Wildman–Crippen MR) is 89.1 cm³/mol. The van der Waals surface area contributed by atoms with Crippen LogP contribution in [0.4, 0.5) is 0 Å². The van der Waals surface area contributed by atoms with E-state index < -0.39 is 0 Å². The van der Waals surface area contributed by atoms with Crippen LogP contribution in [0, 0.1) is 6.92 Å². The minimum Gasteiger partial charge on any atom is -0.506 e. The minimum absolute atomic E-state index is 0.0832. The molecule has 0 spiro atoms. The molecular weight excluding hydrogens is 398 g/mol. The minimum atomic E-state index is -0.0832. The van der Waals surface area contributed by atoms with E-state index in [0.717, 1.165) is 11.1 Å². The number of rotatable bonds is 2. The number of nitrogens with zero attached hydrogens (tertiary/aromatic N) is 1. The summed E-state index contributed by atoms with van der Waals surface area (Å²) in [6.07, 6.45) is 1.88. The summed E-state index contributed by atoms with van der Waals surface area (Å²) in [5, 5.41) is 9.76. The van der Waals surface area contributed by atoms with Gasteiger partial charge >= 0.3 is 0 Å². The van der Waals surface area contributed by atoms with Gasteiger partial charge in [0.2, 0.25) is 5.78 Å².